The Labute approximate surface area is 166 Å². The van der Waals surface area contributed by atoms with E-state index in [0.29, 0.717) is 0 Å². The summed E-state index contributed by atoms with van der Waals surface area (Å²) >= 11 is 5.82. The molecule has 3 aromatic carbocycles. The largest absolute Gasteiger partial charge is 0.480 e. The van der Waals surface area contributed by atoms with E-state index < -0.39 is 10.8 Å². The van der Waals surface area contributed by atoms with Crippen molar-refractivity contribution in [3.8, 4) is 17.6 Å². The molecule has 3 rings (SSSR count). The van der Waals surface area contributed by atoms with Gasteiger partial charge in [-0.05, 0) is 23.6 Å². The molecule has 0 aliphatic carbocycles. The number of nitro groups is 1. The highest BCUT2D eigenvalue weighted by Crippen LogP contribution is 2.25. The van der Waals surface area contributed by atoms with Gasteiger partial charge in [0.2, 0.25) is 0 Å². The summed E-state index contributed by atoms with van der Waals surface area (Å²) < 4.78 is 5.68. The molecule has 0 aromatic heterocycles. The number of rotatable bonds is 5. The van der Waals surface area contributed by atoms with Crippen molar-refractivity contribution in [2.75, 3.05) is 13.2 Å². The van der Waals surface area contributed by atoms with Gasteiger partial charge in [-0.2, -0.15) is 0 Å². The monoisotopic (exact) mass is 394 g/mol. The molecule has 0 radical (unpaired) electrons. The molecule has 0 unspecified atom stereocenters. The molecule has 6 nitrogen and oxygen atoms in total. The molecule has 140 valence electrons. The van der Waals surface area contributed by atoms with Gasteiger partial charge in [-0.15, -0.1) is 0 Å². The first kappa shape index (κ1) is 19.2. The average molecular weight is 395 g/mol. The number of carbonyl (C=O) groups excluding carboxylic acids is 1. The number of nitro benzene ring substituents is 1. The van der Waals surface area contributed by atoms with Crippen molar-refractivity contribution < 1.29 is 14.5 Å². The van der Waals surface area contributed by atoms with Gasteiger partial charge in [0.15, 0.2) is 0 Å². The number of hydrogen-bond acceptors (Lipinski definition) is 4. The zero-order valence-corrected chi connectivity index (χ0v) is 15.4. The molecule has 0 saturated carbocycles. The maximum Gasteiger partial charge on any atom is 0.282 e. The van der Waals surface area contributed by atoms with E-state index in [2.05, 4.69) is 17.2 Å². The highest BCUT2D eigenvalue weighted by atomic mass is 35.5. The minimum absolute atomic E-state index is 0.0292. The summed E-state index contributed by atoms with van der Waals surface area (Å²) in [6.45, 7) is 0.183. The fourth-order valence-electron chi connectivity index (χ4n) is 2.62. The molecule has 0 saturated heterocycles. The summed E-state index contributed by atoms with van der Waals surface area (Å²) in [4.78, 5) is 22.5. The second-order valence-electron chi connectivity index (χ2n) is 5.72. The predicted molar refractivity (Wildman–Crippen MR) is 108 cm³/mol. The highest BCUT2D eigenvalue weighted by Gasteiger charge is 2.19. The van der Waals surface area contributed by atoms with Crippen LogP contribution in [0.1, 0.15) is 10.4 Å². The SMILES string of the molecule is O=C(NCC#CCOc1cccc2ccccc12)c1cc(Cl)ccc1[N+](=O)[O-]. The number of nitrogens with one attached hydrogen (secondary N) is 1. The number of nitrogens with zero attached hydrogens (tertiary/aromatic N) is 1. The summed E-state index contributed by atoms with van der Waals surface area (Å²) in [5.41, 5.74) is -0.416. The molecule has 7 heteroatoms. The van der Waals surface area contributed by atoms with E-state index in [-0.39, 0.29) is 29.4 Å². The van der Waals surface area contributed by atoms with Crippen LogP contribution in [0, 0.1) is 22.0 Å². The third-order valence-corrected chi connectivity index (χ3v) is 4.15. The van der Waals surface area contributed by atoms with Crippen LogP contribution in [0.15, 0.2) is 60.7 Å². The minimum atomic E-state index is -0.630. The van der Waals surface area contributed by atoms with Gasteiger partial charge in [-0.1, -0.05) is 59.8 Å². The van der Waals surface area contributed by atoms with Crippen LogP contribution in [0.3, 0.4) is 0 Å². The molecular formula is C21H15ClN2O4. The van der Waals surface area contributed by atoms with Crippen LogP contribution >= 0.6 is 11.6 Å². The highest BCUT2D eigenvalue weighted by molar-refractivity contribution is 6.31. The third-order valence-electron chi connectivity index (χ3n) is 3.91. The van der Waals surface area contributed by atoms with Crippen LogP contribution in [0.4, 0.5) is 5.69 Å². The summed E-state index contributed by atoms with van der Waals surface area (Å²) in [5, 5.41) is 15.8. The molecular weight excluding hydrogens is 380 g/mol. The van der Waals surface area contributed by atoms with Gasteiger partial charge < -0.3 is 10.1 Å². The molecule has 0 aliphatic rings. The van der Waals surface area contributed by atoms with Crippen molar-refractivity contribution >= 4 is 34.0 Å². The van der Waals surface area contributed by atoms with Crippen LogP contribution in [-0.2, 0) is 0 Å². The van der Waals surface area contributed by atoms with Crippen LogP contribution in [0.5, 0.6) is 5.75 Å². The molecule has 28 heavy (non-hydrogen) atoms. The Morgan fingerprint density at radius 1 is 1.11 bits per heavy atom. The number of hydrogen-bond donors (Lipinski definition) is 1. The van der Waals surface area contributed by atoms with Crippen LogP contribution in [-0.4, -0.2) is 24.0 Å². The summed E-state index contributed by atoms with van der Waals surface area (Å²) in [6.07, 6.45) is 0. The first-order valence-electron chi connectivity index (χ1n) is 8.34. The fraction of sp³-hybridized carbons (Fsp3) is 0.0952. The molecule has 0 spiro atoms. The lowest BCUT2D eigenvalue weighted by Gasteiger charge is -2.06. The second-order valence-corrected chi connectivity index (χ2v) is 6.16. The number of amides is 1. The summed E-state index contributed by atoms with van der Waals surface area (Å²) in [7, 11) is 0. The molecule has 0 fully saturated rings. The Balaban J connectivity index is 1.57. The Kier molecular flexibility index (Phi) is 6.10. The molecule has 1 N–H and O–H groups in total. The van der Waals surface area contributed by atoms with Gasteiger partial charge in [-0.3, -0.25) is 14.9 Å². The lowest BCUT2D eigenvalue weighted by molar-refractivity contribution is -0.385. The maximum absolute atomic E-state index is 12.1. The summed E-state index contributed by atoms with van der Waals surface area (Å²) in [5.74, 6) is 5.68. The van der Waals surface area contributed by atoms with E-state index in [1.807, 2.05) is 42.5 Å². The van der Waals surface area contributed by atoms with Crippen LogP contribution in [0.2, 0.25) is 5.02 Å². The Bertz CT molecular complexity index is 1100. The van der Waals surface area contributed by atoms with E-state index in [0.717, 1.165) is 16.5 Å². The van der Waals surface area contributed by atoms with Gasteiger partial charge in [0.1, 0.15) is 17.9 Å². The van der Waals surface area contributed by atoms with Gasteiger partial charge in [0.25, 0.3) is 11.6 Å². The first-order chi connectivity index (χ1) is 13.6. The molecule has 1 amide bonds. The van der Waals surface area contributed by atoms with Crippen molar-refractivity contribution in [3.05, 3.63) is 81.4 Å². The van der Waals surface area contributed by atoms with Gasteiger partial charge >= 0.3 is 0 Å². The Morgan fingerprint density at radius 3 is 2.71 bits per heavy atom. The Hall–Kier alpha value is -3.56. The van der Waals surface area contributed by atoms with E-state index in [1.54, 1.807) is 0 Å². The van der Waals surface area contributed by atoms with Crippen molar-refractivity contribution in [3.63, 3.8) is 0 Å². The quantitative estimate of drug-likeness (QED) is 0.399. The number of benzene rings is 3. The van der Waals surface area contributed by atoms with E-state index in [9.17, 15) is 14.9 Å². The molecule has 3 aromatic rings. The molecule has 0 aliphatic heterocycles. The second kappa shape index (κ2) is 8.89. The third kappa shape index (κ3) is 4.58. The van der Waals surface area contributed by atoms with Gasteiger partial charge in [0, 0.05) is 16.5 Å². The van der Waals surface area contributed by atoms with Gasteiger partial charge in [-0.25, -0.2) is 0 Å². The molecule has 0 bridgehead atoms. The molecule has 0 heterocycles. The number of ether oxygens (including phenoxy) is 1. The first-order valence-corrected chi connectivity index (χ1v) is 8.72. The lowest BCUT2D eigenvalue weighted by atomic mass is 10.1. The Morgan fingerprint density at radius 2 is 1.89 bits per heavy atom. The standard InChI is InChI=1S/C21H15ClN2O4/c22-16-10-11-19(24(26)27)18(14-16)21(25)23-12-3-4-13-28-20-9-5-7-15-6-1-2-8-17(15)20/h1-2,5-11,14H,12-13H2,(H,23,25). The van der Waals surface area contributed by atoms with Crippen LogP contribution in [0.25, 0.3) is 10.8 Å². The van der Waals surface area contributed by atoms with Crippen molar-refractivity contribution in [2.45, 2.75) is 0 Å². The fourth-order valence-corrected chi connectivity index (χ4v) is 2.79. The predicted octanol–water partition coefficient (Wildman–Crippen LogP) is 4.21. The molecule has 0 atom stereocenters. The van der Waals surface area contributed by atoms with E-state index >= 15 is 0 Å². The number of halogens is 1. The van der Waals surface area contributed by atoms with E-state index in [1.165, 1.54) is 18.2 Å². The van der Waals surface area contributed by atoms with Crippen molar-refractivity contribution in [1.29, 1.82) is 0 Å². The maximum atomic E-state index is 12.1. The van der Waals surface area contributed by atoms with Crippen molar-refractivity contribution in [2.24, 2.45) is 0 Å². The zero-order chi connectivity index (χ0) is 19.9. The zero-order valence-electron chi connectivity index (χ0n) is 14.6. The normalized spacial score (nSPS) is 10.0. The number of fused-ring (bicyclic) bond motifs is 1. The van der Waals surface area contributed by atoms with Gasteiger partial charge in [0.05, 0.1) is 11.5 Å². The topological polar surface area (TPSA) is 81.5 Å². The average Bonchev–Trinajstić information content (AvgIpc) is 2.70. The van der Waals surface area contributed by atoms with Crippen LogP contribution < -0.4 is 10.1 Å². The van der Waals surface area contributed by atoms with Crippen molar-refractivity contribution in [1.82, 2.24) is 5.32 Å². The van der Waals surface area contributed by atoms with E-state index in [4.69, 9.17) is 16.3 Å². The lowest BCUT2D eigenvalue weighted by Crippen LogP contribution is -2.24. The summed E-state index contributed by atoms with van der Waals surface area (Å²) in [6, 6.07) is 17.4. The number of carbonyl (C=O) groups is 1. The minimum Gasteiger partial charge on any atom is -0.480 e. The smallest absolute Gasteiger partial charge is 0.282 e.